The van der Waals surface area contributed by atoms with Crippen molar-refractivity contribution in [1.29, 1.82) is 0 Å². The lowest BCUT2D eigenvalue weighted by Crippen LogP contribution is -2.35. The predicted molar refractivity (Wildman–Crippen MR) is 81.2 cm³/mol. The van der Waals surface area contributed by atoms with Crippen LogP contribution in [0.5, 0.6) is 5.75 Å². The second-order valence-corrected chi connectivity index (χ2v) is 5.07. The Bertz CT molecular complexity index is 858. The van der Waals surface area contributed by atoms with Crippen LogP contribution >= 0.6 is 0 Å². The summed E-state index contributed by atoms with van der Waals surface area (Å²) in [5.74, 6) is -0.475. The van der Waals surface area contributed by atoms with Crippen molar-refractivity contribution in [2.24, 2.45) is 0 Å². The summed E-state index contributed by atoms with van der Waals surface area (Å²) in [6.45, 7) is -1.67. The highest BCUT2D eigenvalue weighted by atomic mass is 19.4. The average molecular weight is 357 g/mol. The van der Waals surface area contributed by atoms with E-state index in [0.717, 1.165) is 10.6 Å². The monoisotopic (exact) mass is 357 g/mol. The van der Waals surface area contributed by atoms with Gasteiger partial charge in [-0.05, 0) is 17.7 Å². The van der Waals surface area contributed by atoms with Crippen LogP contribution in [-0.4, -0.2) is 28.2 Å². The molecule has 25 heavy (non-hydrogen) atoms. The van der Waals surface area contributed by atoms with Gasteiger partial charge in [0.05, 0.1) is 0 Å². The van der Waals surface area contributed by atoms with Crippen LogP contribution in [0.25, 0.3) is 0 Å². The zero-order valence-electron chi connectivity index (χ0n) is 12.8. The normalized spacial score (nSPS) is 11.2. The average Bonchev–Trinajstić information content (AvgIpc) is 2.53. The van der Waals surface area contributed by atoms with Gasteiger partial charge in [0.1, 0.15) is 12.3 Å². The minimum absolute atomic E-state index is 0.0286. The first-order valence-corrected chi connectivity index (χ1v) is 7.08. The minimum Gasteiger partial charge on any atom is -0.484 e. The molecule has 2 N–H and O–H groups in total. The first kappa shape index (κ1) is 18.3. The van der Waals surface area contributed by atoms with Gasteiger partial charge in [0, 0.05) is 18.8 Å². The fourth-order valence-corrected chi connectivity index (χ4v) is 1.89. The Morgan fingerprint density at radius 3 is 2.68 bits per heavy atom. The highest BCUT2D eigenvalue weighted by Crippen LogP contribution is 2.19. The number of ether oxygens (including phenoxy) is 1. The number of H-pyrrole nitrogens is 1. The third-order valence-electron chi connectivity index (χ3n) is 3.00. The number of halogens is 3. The molecule has 7 nitrogen and oxygen atoms in total. The van der Waals surface area contributed by atoms with Crippen LogP contribution in [0, 0.1) is 0 Å². The van der Waals surface area contributed by atoms with E-state index in [1.807, 2.05) is 4.98 Å². The molecule has 1 heterocycles. The van der Waals surface area contributed by atoms with Gasteiger partial charge in [0.2, 0.25) is 5.91 Å². The Labute approximate surface area is 139 Å². The van der Waals surface area contributed by atoms with Crippen molar-refractivity contribution in [3.63, 3.8) is 0 Å². The quantitative estimate of drug-likeness (QED) is 0.800. The molecule has 2 rings (SSSR count). The smallest absolute Gasteiger partial charge is 0.422 e. The van der Waals surface area contributed by atoms with Crippen LogP contribution in [0.1, 0.15) is 5.56 Å². The van der Waals surface area contributed by atoms with Crippen LogP contribution in [-0.2, 0) is 17.9 Å². The fraction of sp³-hybridized carbons (Fsp3) is 0.267. The first-order chi connectivity index (χ1) is 11.7. The van der Waals surface area contributed by atoms with Crippen molar-refractivity contribution in [2.75, 3.05) is 6.61 Å². The zero-order chi connectivity index (χ0) is 18.4. The van der Waals surface area contributed by atoms with Gasteiger partial charge in [0.25, 0.3) is 5.56 Å². The Balaban J connectivity index is 1.91. The van der Waals surface area contributed by atoms with E-state index in [1.165, 1.54) is 24.4 Å². The molecular weight excluding hydrogens is 343 g/mol. The van der Waals surface area contributed by atoms with Crippen molar-refractivity contribution in [1.82, 2.24) is 14.9 Å². The Morgan fingerprint density at radius 1 is 1.24 bits per heavy atom. The number of amides is 1. The molecule has 0 saturated heterocycles. The Morgan fingerprint density at radius 2 is 2.00 bits per heavy atom. The highest BCUT2D eigenvalue weighted by molar-refractivity contribution is 5.75. The Hall–Kier alpha value is -3.04. The molecule has 0 radical (unpaired) electrons. The summed E-state index contributed by atoms with van der Waals surface area (Å²) in [6.07, 6.45) is -3.25. The number of aromatic amines is 1. The summed E-state index contributed by atoms with van der Waals surface area (Å²) >= 11 is 0. The van der Waals surface area contributed by atoms with Gasteiger partial charge in [-0.15, -0.1) is 0 Å². The topological polar surface area (TPSA) is 93.2 Å². The molecule has 0 spiro atoms. The molecule has 0 saturated carbocycles. The molecule has 1 amide bonds. The number of alkyl halides is 3. The number of hydrogen-bond donors (Lipinski definition) is 2. The summed E-state index contributed by atoms with van der Waals surface area (Å²) in [5.41, 5.74) is -0.760. The number of aromatic nitrogens is 2. The largest absolute Gasteiger partial charge is 0.484 e. The van der Waals surface area contributed by atoms with Gasteiger partial charge in [-0.1, -0.05) is 12.1 Å². The molecule has 0 aliphatic rings. The molecule has 2 aromatic rings. The number of benzene rings is 1. The van der Waals surface area contributed by atoms with Crippen LogP contribution in [0.3, 0.4) is 0 Å². The van der Waals surface area contributed by atoms with E-state index in [9.17, 15) is 27.6 Å². The molecule has 0 unspecified atom stereocenters. The van der Waals surface area contributed by atoms with Crippen molar-refractivity contribution < 1.29 is 22.7 Å². The SMILES string of the molecule is O=C(Cn1ccc(=O)[nH]c1=O)NCc1cccc(OCC(F)(F)F)c1. The van der Waals surface area contributed by atoms with E-state index in [-0.39, 0.29) is 18.8 Å². The number of rotatable bonds is 6. The summed E-state index contributed by atoms with van der Waals surface area (Å²) in [7, 11) is 0. The molecule has 0 atom stereocenters. The molecule has 1 aromatic heterocycles. The van der Waals surface area contributed by atoms with E-state index < -0.39 is 29.9 Å². The molecule has 134 valence electrons. The number of nitrogens with zero attached hydrogens (tertiary/aromatic N) is 1. The van der Waals surface area contributed by atoms with E-state index in [1.54, 1.807) is 6.07 Å². The van der Waals surface area contributed by atoms with Gasteiger partial charge >= 0.3 is 11.9 Å². The number of nitrogens with one attached hydrogen (secondary N) is 2. The molecule has 1 aromatic carbocycles. The van der Waals surface area contributed by atoms with Gasteiger partial charge in [-0.3, -0.25) is 19.1 Å². The van der Waals surface area contributed by atoms with E-state index in [2.05, 4.69) is 10.1 Å². The third-order valence-corrected chi connectivity index (χ3v) is 3.00. The van der Waals surface area contributed by atoms with Crippen LogP contribution in [0.15, 0.2) is 46.1 Å². The third kappa shape index (κ3) is 6.16. The van der Waals surface area contributed by atoms with Crippen LogP contribution in [0.2, 0.25) is 0 Å². The van der Waals surface area contributed by atoms with Crippen LogP contribution < -0.4 is 21.3 Å². The summed E-state index contributed by atoms with van der Waals surface area (Å²) in [5, 5.41) is 2.52. The lowest BCUT2D eigenvalue weighted by atomic mass is 10.2. The van der Waals surface area contributed by atoms with Gasteiger partial charge < -0.3 is 10.1 Å². The second-order valence-electron chi connectivity index (χ2n) is 5.07. The van der Waals surface area contributed by atoms with Crippen molar-refractivity contribution in [3.8, 4) is 5.75 Å². The summed E-state index contributed by atoms with van der Waals surface area (Å²) < 4.78 is 42.0. The van der Waals surface area contributed by atoms with Crippen molar-refractivity contribution >= 4 is 5.91 Å². The summed E-state index contributed by atoms with van der Waals surface area (Å²) in [6, 6.07) is 6.96. The maximum Gasteiger partial charge on any atom is 0.422 e. The first-order valence-electron chi connectivity index (χ1n) is 7.08. The lowest BCUT2D eigenvalue weighted by molar-refractivity contribution is -0.153. The standard InChI is InChI=1S/C15H14F3N3O4/c16-15(17,18)9-25-11-3-1-2-10(6-11)7-19-13(23)8-21-5-4-12(22)20-14(21)24/h1-6H,7-9H2,(H,19,23)(H,20,22,24). The molecule has 0 bridgehead atoms. The fourth-order valence-electron chi connectivity index (χ4n) is 1.89. The van der Waals surface area contributed by atoms with Crippen molar-refractivity contribution in [3.05, 3.63) is 62.9 Å². The Kier molecular flexibility index (Phi) is 5.63. The van der Waals surface area contributed by atoms with Crippen LogP contribution in [0.4, 0.5) is 13.2 Å². The predicted octanol–water partition coefficient (Wildman–Crippen LogP) is 0.794. The van der Waals surface area contributed by atoms with E-state index in [0.29, 0.717) is 5.56 Å². The maximum absolute atomic E-state index is 12.1. The number of carbonyl (C=O) groups excluding carboxylic acids is 1. The molecular formula is C15H14F3N3O4. The molecule has 0 aliphatic carbocycles. The van der Waals surface area contributed by atoms with Gasteiger partial charge in [-0.2, -0.15) is 13.2 Å². The number of carbonyl (C=O) groups is 1. The van der Waals surface area contributed by atoms with E-state index >= 15 is 0 Å². The highest BCUT2D eigenvalue weighted by Gasteiger charge is 2.28. The van der Waals surface area contributed by atoms with Gasteiger partial charge in [-0.25, -0.2) is 4.79 Å². The molecule has 0 aliphatic heterocycles. The summed E-state index contributed by atoms with van der Waals surface area (Å²) in [4.78, 5) is 36.2. The van der Waals surface area contributed by atoms with Crippen molar-refractivity contribution in [2.45, 2.75) is 19.3 Å². The maximum atomic E-state index is 12.1. The molecule has 0 fully saturated rings. The minimum atomic E-state index is -4.44. The van der Waals surface area contributed by atoms with E-state index in [4.69, 9.17) is 0 Å². The molecule has 10 heteroatoms. The number of hydrogen-bond acceptors (Lipinski definition) is 4. The lowest BCUT2D eigenvalue weighted by Gasteiger charge is -2.11. The van der Waals surface area contributed by atoms with Gasteiger partial charge in [0.15, 0.2) is 6.61 Å². The zero-order valence-corrected chi connectivity index (χ0v) is 12.8. The second kappa shape index (κ2) is 7.69.